The quantitative estimate of drug-likeness (QED) is 0.258. The molecule has 82 valence electrons. The molecular formula is C2B2Ca3F2O8. The second kappa shape index (κ2) is 27.3. The van der Waals surface area contributed by atoms with Gasteiger partial charge in [0.05, 0.1) is 0 Å². The van der Waals surface area contributed by atoms with Crippen LogP contribution < -0.4 is 30.1 Å². The molecule has 0 unspecified atom stereocenters. The summed E-state index contributed by atoms with van der Waals surface area (Å²) < 4.78 is 20.9. The molecule has 0 spiro atoms. The molecule has 0 aromatic heterocycles. The zero-order valence-electron chi connectivity index (χ0n) is 8.30. The van der Waals surface area contributed by atoms with E-state index in [-0.39, 0.29) is 113 Å². The van der Waals surface area contributed by atoms with Gasteiger partial charge in [-0.15, -0.1) is 0 Å². The van der Waals surface area contributed by atoms with Crippen molar-refractivity contribution in [3.8, 4) is 0 Å². The second-order valence-corrected chi connectivity index (χ2v) is 1.12. The van der Waals surface area contributed by atoms with E-state index < -0.39 is 26.7 Å². The van der Waals surface area contributed by atoms with Gasteiger partial charge in [0.2, 0.25) is 0 Å². The van der Waals surface area contributed by atoms with E-state index in [1.165, 1.54) is 0 Å². The van der Waals surface area contributed by atoms with E-state index in [9.17, 15) is 8.78 Å². The topological polar surface area (TPSA) is 172 Å². The van der Waals surface area contributed by atoms with Crippen LogP contribution in [0.25, 0.3) is 0 Å². The van der Waals surface area contributed by atoms with E-state index in [1.54, 1.807) is 0 Å². The molecule has 0 rings (SSSR count). The predicted molar refractivity (Wildman–Crippen MR) is 41.0 cm³/mol. The summed E-state index contributed by atoms with van der Waals surface area (Å²) >= 11 is 0. The van der Waals surface area contributed by atoms with Crippen LogP contribution in [0.15, 0.2) is 0 Å². The number of rotatable bonds is 1. The number of halogens is 2. The Kier molecular flexibility index (Phi) is 59.0. The Hall–Kier alpha value is 2.87. The summed E-state index contributed by atoms with van der Waals surface area (Å²) in [6.07, 6.45) is 0. The third-order valence-corrected chi connectivity index (χ3v) is 0.155. The molecule has 0 aliphatic heterocycles. The van der Waals surface area contributed by atoms with Crippen molar-refractivity contribution in [2.24, 2.45) is 0 Å². The standard InChI is InChI=1S/C2F2O2.2BO3.3Ca/c3-1(5)2(4)6;2*2-1(3)4;;;/q;2*-3;3*+2. The molecule has 0 atom stereocenters. The van der Waals surface area contributed by atoms with Gasteiger partial charge in [-0.25, -0.2) is 9.59 Å². The van der Waals surface area contributed by atoms with Crippen LogP contribution in [0.4, 0.5) is 8.78 Å². The Balaban J connectivity index is -0.0000000252. The molecule has 0 radical (unpaired) electrons. The summed E-state index contributed by atoms with van der Waals surface area (Å²) in [5.74, 6) is 0. The predicted octanol–water partition coefficient (Wildman–Crippen LogP) is -9.06. The molecule has 0 saturated heterocycles. The van der Waals surface area contributed by atoms with Crippen molar-refractivity contribution in [1.82, 2.24) is 0 Å². The number of carbonyl (C=O) groups is 2. The van der Waals surface area contributed by atoms with Crippen LogP contribution in [0.2, 0.25) is 0 Å². The minimum atomic E-state index is -2.92. The van der Waals surface area contributed by atoms with Gasteiger partial charge in [0.1, 0.15) is 0 Å². The SMILES string of the molecule is O=C(F)C(=O)F.[Ca+2].[Ca+2].[Ca+2].[O-]B([O-])[O-].[O-]B([O-])[O-]. The summed E-state index contributed by atoms with van der Waals surface area (Å²) in [6.45, 7) is 0. The maximum absolute atomic E-state index is 10.5. The summed E-state index contributed by atoms with van der Waals surface area (Å²) in [5, 5.41) is 50.5. The Morgan fingerprint density at radius 2 is 0.706 bits per heavy atom. The molecule has 0 bridgehead atoms. The molecule has 0 aromatic rings. The van der Waals surface area contributed by atoms with Gasteiger partial charge in [0.25, 0.3) is 0 Å². The fourth-order valence-electron chi connectivity index (χ4n) is 0. The minimum absolute atomic E-state index is 0. The van der Waals surface area contributed by atoms with Gasteiger partial charge in [-0.3, -0.25) is 14.6 Å². The molecule has 0 fully saturated rings. The van der Waals surface area contributed by atoms with E-state index in [0.29, 0.717) is 0 Å². The molecule has 17 heavy (non-hydrogen) atoms. The monoisotopic (exact) mass is 332 g/mol. The summed E-state index contributed by atoms with van der Waals surface area (Å²) in [4.78, 5) is 17.5. The normalized spacial score (nSPS) is 5.88. The smallest absolute Gasteiger partial charge is 0.907 e. The maximum Gasteiger partial charge on any atom is 2.00 e. The number of hydrogen-bond acceptors (Lipinski definition) is 8. The van der Waals surface area contributed by atoms with Gasteiger partial charge < -0.3 is 30.1 Å². The van der Waals surface area contributed by atoms with Crippen LogP contribution in [0.3, 0.4) is 0 Å². The molecule has 0 aliphatic carbocycles. The summed E-state index contributed by atoms with van der Waals surface area (Å²) in [7, 11) is -5.83. The Morgan fingerprint density at radius 1 is 0.647 bits per heavy atom. The van der Waals surface area contributed by atoms with Crippen LogP contribution >= 0.6 is 0 Å². The molecule has 0 saturated carbocycles. The van der Waals surface area contributed by atoms with Crippen LogP contribution in [0, 0.1) is 0 Å². The first-order valence-electron chi connectivity index (χ1n) is 2.45. The molecule has 0 aliphatic rings. The third kappa shape index (κ3) is 114. The van der Waals surface area contributed by atoms with Crippen molar-refractivity contribution in [2.75, 3.05) is 0 Å². The fourth-order valence-corrected chi connectivity index (χ4v) is 0. The minimum Gasteiger partial charge on any atom is -0.907 e. The first-order chi connectivity index (χ1) is 6.11. The molecule has 15 heteroatoms. The molecule has 0 N–H and O–H groups in total. The van der Waals surface area contributed by atoms with Gasteiger partial charge in [-0.1, -0.05) is 0 Å². The van der Waals surface area contributed by atoms with Crippen LogP contribution in [-0.4, -0.2) is 140 Å². The zero-order valence-corrected chi connectivity index (χ0v) is 14.9. The van der Waals surface area contributed by atoms with E-state index >= 15 is 0 Å². The van der Waals surface area contributed by atoms with Gasteiger partial charge in [-0.05, 0) is 0 Å². The van der Waals surface area contributed by atoms with Crippen molar-refractivity contribution in [2.45, 2.75) is 0 Å². The maximum atomic E-state index is 10.5. The van der Waals surface area contributed by atoms with Gasteiger partial charge in [0, 0.05) is 0 Å². The molecule has 0 amide bonds. The molecule has 8 nitrogen and oxygen atoms in total. The van der Waals surface area contributed by atoms with Crippen molar-refractivity contribution in [3.63, 3.8) is 0 Å². The molecule has 0 aromatic carbocycles. The van der Waals surface area contributed by atoms with Gasteiger partial charge in [-0.2, -0.15) is 8.78 Å². The fraction of sp³-hybridized carbons (Fsp3) is 0. The van der Waals surface area contributed by atoms with E-state index in [0.717, 1.165) is 0 Å². The van der Waals surface area contributed by atoms with Crippen molar-refractivity contribution >= 4 is 140 Å². The van der Waals surface area contributed by atoms with E-state index in [4.69, 9.17) is 39.7 Å². The number of carbonyl (C=O) groups excluding carboxylic acids is 2. The Labute approximate surface area is 185 Å². The Bertz CT molecular complexity index is 149. The third-order valence-electron chi connectivity index (χ3n) is 0.155. The average Bonchev–Trinajstić information content (AvgIpc) is 1.83. The first-order valence-corrected chi connectivity index (χ1v) is 2.45. The van der Waals surface area contributed by atoms with Gasteiger partial charge >= 0.3 is 125 Å². The van der Waals surface area contributed by atoms with E-state index in [1.807, 2.05) is 0 Å². The van der Waals surface area contributed by atoms with Crippen LogP contribution in [0.1, 0.15) is 0 Å². The second-order valence-electron chi connectivity index (χ2n) is 1.12. The molecule has 0 heterocycles. The van der Waals surface area contributed by atoms with Crippen molar-refractivity contribution < 1.29 is 48.5 Å². The summed E-state index contributed by atoms with van der Waals surface area (Å²) in [6, 6.07) is -5.09. The molecular weight excluding hydrogens is 332 g/mol. The van der Waals surface area contributed by atoms with Crippen molar-refractivity contribution in [1.29, 1.82) is 0 Å². The van der Waals surface area contributed by atoms with Crippen molar-refractivity contribution in [3.05, 3.63) is 0 Å². The average molecular weight is 332 g/mol. The van der Waals surface area contributed by atoms with Crippen LogP contribution in [-0.2, 0) is 9.59 Å². The Morgan fingerprint density at radius 3 is 0.706 bits per heavy atom. The van der Waals surface area contributed by atoms with Crippen LogP contribution in [0.5, 0.6) is 0 Å². The summed E-state index contributed by atoms with van der Waals surface area (Å²) in [5.41, 5.74) is 0. The van der Waals surface area contributed by atoms with E-state index in [2.05, 4.69) is 0 Å². The van der Waals surface area contributed by atoms with Gasteiger partial charge in [0.15, 0.2) is 0 Å². The first kappa shape index (κ1) is 36.8. The largest absolute Gasteiger partial charge is 2.00 e. The number of hydrogen-bond donors (Lipinski definition) is 0. The zero-order chi connectivity index (χ0) is 12.3.